The van der Waals surface area contributed by atoms with Crippen LogP contribution in [0.5, 0.6) is 0 Å². The molecule has 1 aliphatic rings. The molecule has 98 valence electrons. The number of allylic oxidation sites excluding steroid dienone is 2. The van der Waals surface area contributed by atoms with Crippen molar-refractivity contribution >= 4 is 17.2 Å². The third-order valence-electron chi connectivity index (χ3n) is 2.77. The van der Waals surface area contributed by atoms with Gasteiger partial charge >= 0.3 is 0 Å². The fourth-order valence-electron chi connectivity index (χ4n) is 1.80. The monoisotopic (exact) mass is 265 g/mol. The molecule has 3 heteroatoms. The molecule has 1 N–H and O–H groups in total. The van der Waals surface area contributed by atoms with Gasteiger partial charge in [-0.1, -0.05) is 37.6 Å². The van der Waals surface area contributed by atoms with Crippen molar-refractivity contribution in [2.75, 3.05) is 7.05 Å². The van der Waals surface area contributed by atoms with Crippen molar-refractivity contribution in [2.45, 2.75) is 27.0 Å². The minimum absolute atomic E-state index is 0.609. The summed E-state index contributed by atoms with van der Waals surface area (Å²) in [5, 5.41) is 10.8. The Morgan fingerprint density at radius 2 is 1.94 bits per heavy atom. The number of likely N-dealkylation sites (N-methyl/N-ethyl adjacent to an activating group) is 1. The van der Waals surface area contributed by atoms with E-state index in [-0.39, 0.29) is 0 Å². The van der Waals surface area contributed by atoms with E-state index in [4.69, 9.17) is 11.6 Å². The van der Waals surface area contributed by atoms with Gasteiger partial charge in [-0.05, 0) is 36.3 Å². The van der Waals surface area contributed by atoms with Crippen LogP contribution in [0.3, 0.4) is 0 Å². The highest BCUT2D eigenvalue weighted by Gasteiger charge is 2.19. The molecule has 0 saturated heterocycles. The van der Waals surface area contributed by atoms with Crippen LogP contribution in [0.15, 0.2) is 36.6 Å². The second kappa shape index (κ2) is 6.62. The van der Waals surface area contributed by atoms with Crippen molar-refractivity contribution in [3.8, 4) is 0 Å². The summed E-state index contributed by atoms with van der Waals surface area (Å²) in [6, 6.07) is 5.71. The Bertz CT molecular complexity index is 466. The number of aryl methyl sites for hydroxylation is 1. The highest BCUT2D eigenvalue weighted by molar-refractivity contribution is 6.30. The smallest absolute Gasteiger partial charge is 0.153 e. The second-order valence-corrected chi connectivity index (χ2v) is 4.40. The average Bonchev–Trinajstić information content (AvgIpc) is 2.38. The summed E-state index contributed by atoms with van der Waals surface area (Å²) in [7, 11) is 1.84. The van der Waals surface area contributed by atoms with Gasteiger partial charge in [0.2, 0.25) is 0 Å². The zero-order valence-electron chi connectivity index (χ0n) is 11.3. The number of hydrogen-bond acceptors (Lipinski definition) is 2. The van der Waals surface area contributed by atoms with Crippen molar-refractivity contribution in [1.82, 2.24) is 4.90 Å². The molecule has 1 aromatic rings. The van der Waals surface area contributed by atoms with Gasteiger partial charge in [-0.3, -0.25) is 0 Å². The molecule has 1 aromatic carbocycles. The molecule has 0 bridgehead atoms. The first kappa shape index (κ1) is 14.8. The van der Waals surface area contributed by atoms with Gasteiger partial charge in [0.15, 0.2) is 6.23 Å². The molecule has 2 nitrogen and oxygen atoms in total. The first-order valence-electron chi connectivity index (χ1n) is 6.14. The van der Waals surface area contributed by atoms with Gasteiger partial charge in [0.05, 0.1) is 0 Å². The van der Waals surface area contributed by atoms with Crippen LogP contribution in [0.2, 0.25) is 5.02 Å². The fraction of sp³-hybridized carbons (Fsp3) is 0.333. The lowest BCUT2D eigenvalue weighted by atomic mass is 9.97. The molecule has 0 spiro atoms. The molecule has 0 fully saturated rings. The van der Waals surface area contributed by atoms with Crippen LogP contribution in [0.25, 0.3) is 5.57 Å². The van der Waals surface area contributed by atoms with E-state index in [1.807, 2.05) is 64.4 Å². The Morgan fingerprint density at radius 1 is 1.28 bits per heavy atom. The van der Waals surface area contributed by atoms with Gasteiger partial charge in [0, 0.05) is 23.8 Å². The maximum Gasteiger partial charge on any atom is 0.153 e. The van der Waals surface area contributed by atoms with E-state index >= 15 is 0 Å². The van der Waals surface area contributed by atoms with Crippen LogP contribution in [0.4, 0.5) is 0 Å². The summed E-state index contributed by atoms with van der Waals surface area (Å²) in [5.74, 6) is 0. The predicted octanol–water partition coefficient (Wildman–Crippen LogP) is 3.84. The standard InChI is InChI=1S/C13H14ClNO.C2H6/c1-9-5-6-10(14)8-12(9)11-4-3-7-15(2)13(11)16;1-2/h3-8,13,16H,1-2H3;1-2H3. The number of halogens is 1. The van der Waals surface area contributed by atoms with Crippen molar-refractivity contribution in [1.29, 1.82) is 0 Å². The lowest BCUT2D eigenvalue weighted by molar-refractivity contribution is 0.107. The van der Waals surface area contributed by atoms with Crippen LogP contribution < -0.4 is 0 Å². The highest BCUT2D eigenvalue weighted by atomic mass is 35.5. The van der Waals surface area contributed by atoms with Crippen LogP contribution >= 0.6 is 11.6 Å². The van der Waals surface area contributed by atoms with Crippen LogP contribution in [-0.4, -0.2) is 23.3 Å². The molecule has 18 heavy (non-hydrogen) atoms. The minimum Gasteiger partial charge on any atom is -0.369 e. The maximum absolute atomic E-state index is 10.1. The number of aliphatic hydroxyl groups excluding tert-OH is 1. The molecule has 0 radical (unpaired) electrons. The van der Waals surface area contributed by atoms with Gasteiger partial charge in [-0.2, -0.15) is 0 Å². The normalized spacial score (nSPS) is 18.0. The fourth-order valence-corrected chi connectivity index (χ4v) is 1.98. The predicted molar refractivity (Wildman–Crippen MR) is 78.4 cm³/mol. The molecular weight excluding hydrogens is 246 g/mol. The van der Waals surface area contributed by atoms with E-state index in [1.165, 1.54) is 0 Å². The molecule has 0 aliphatic carbocycles. The Morgan fingerprint density at radius 3 is 2.61 bits per heavy atom. The molecule has 1 heterocycles. The zero-order valence-corrected chi connectivity index (χ0v) is 12.1. The average molecular weight is 266 g/mol. The third-order valence-corrected chi connectivity index (χ3v) is 3.01. The molecule has 0 saturated carbocycles. The summed E-state index contributed by atoms with van der Waals surface area (Å²) in [4.78, 5) is 1.76. The number of rotatable bonds is 1. The topological polar surface area (TPSA) is 23.5 Å². The van der Waals surface area contributed by atoms with Crippen molar-refractivity contribution in [2.24, 2.45) is 0 Å². The number of nitrogens with zero attached hydrogens (tertiary/aromatic N) is 1. The van der Waals surface area contributed by atoms with Gasteiger partial charge in [-0.15, -0.1) is 0 Å². The highest BCUT2D eigenvalue weighted by Crippen LogP contribution is 2.28. The first-order chi connectivity index (χ1) is 8.59. The summed E-state index contributed by atoms with van der Waals surface area (Å²) in [5.41, 5.74) is 2.99. The van der Waals surface area contributed by atoms with Crippen LogP contribution in [0, 0.1) is 6.92 Å². The van der Waals surface area contributed by atoms with Gasteiger partial charge < -0.3 is 10.0 Å². The van der Waals surface area contributed by atoms with Gasteiger partial charge in [0.25, 0.3) is 0 Å². The van der Waals surface area contributed by atoms with Crippen molar-refractivity contribution in [3.63, 3.8) is 0 Å². The number of benzene rings is 1. The second-order valence-electron chi connectivity index (χ2n) is 3.96. The molecule has 1 aliphatic heterocycles. The first-order valence-corrected chi connectivity index (χ1v) is 6.52. The van der Waals surface area contributed by atoms with E-state index < -0.39 is 6.23 Å². The molecule has 1 atom stereocenters. The number of hydrogen-bond donors (Lipinski definition) is 1. The van der Waals surface area contributed by atoms with E-state index in [2.05, 4.69) is 0 Å². The lowest BCUT2D eigenvalue weighted by Gasteiger charge is -2.28. The van der Waals surface area contributed by atoms with Crippen LogP contribution in [0.1, 0.15) is 25.0 Å². The summed E-state index contributed by atoms with van der Waals surface area (Å²) in [6.07, 6.45) is 5.07. The Kier molecular flexibility index (Phi) is 5.45. The van der Waals surface area contributed by atoms with E-state index in [0.29, 0.717) is 5.02 Å². The van der Waals surface area contributed by atoms with Crippen molar-refractivity contribution in [3.05, 3.63) is 52.7 Å². The number of aliphatic hydroxyl groups is 1. The molecule has 2 rings (SSSR count). The summed E-state index contributed by atoms with van der Waals surface area (Å²) >= 11 is 5.98. The Hall–Kier alpha value is -1.25. The van der Waals surface area contributed by atoms with E-state index in [9.17, 15) is 5.11 Å². The lowest BCUT2D eigenvalue weighted by Crippen LogP contribution is -2.29. The third kappa shape index (κ3) is 3.15. The quantitative estimate of drug-likeness (QED) is 0.834. The molecule has 1 unspecified atom stereocenters. The maximum atomic E-state index is 10.1. The Balaban J connectivity index is 0.000000771. The van der Waals surface area contributed by atoms with Gasteiger partial charge in [-0.25, -0.2) is 0 Å². The van der Waals surface area contributed by atoms with Crippen LogP contribution in [-0.2, 0) is 0 Å². The SMILES string of the molecule is CC.Cc1ccc(Cl)cc1C1=CC=CN(C)C1O. The minimum atomic E-state index is -0.609. The molecule has 0 amide bonds. The molecule has 0 aromatic heterocycles. The molecular formula is C15H20ClNO. The largest absolute Gasteiger partial charge is 0.369 e. The summed E-state index contributed by atoms with van der Waals surface area (Å²) < 4.78 is 0. The van der Waals surface area contributed by atoms with Crippen molar-refractivity contribution < 1.29 is 5.11 Å². The Labute approximate surface area is 114 Å². The zero-order chi connectivity index (χ0) is 13.7. The van der Waals surface area contributed by atoms with Gasteiger partial charge in [0.1, 0.15) is 0 Å². The van der Waals surface area contributed by atoms with E-state index in [1.54, 1.807) is 4.90 Å². The van der Waals surface area contributed by atoms with E-state index in [0.717, 1.165) is 16.7 Å². The summed E-state index contributed by atoms with van der Waals surface area (Å²) in [6.45, 7) is 6.01.